The molecule has 3 rings (SSSR count). The number of carbonyl (C=O) groups excluding carboxylic acids is 3. The summed E-state index contributed by atoms with van der Waals surface area (Å²) < 4.78 is 0. The van der Waals surface area contributed by atoms with Gasteiger partial charge in [0.25, 0.3) is 11.6 Å². The molecule has 0 bridgehead atoms. The normalized spacial score (nSPS) is 15.0. The van der Waals surface area contributed by atoms with Crippen molar-refractivity contribution in [3.8, 4) is 0 Å². The molecule has 9 heteroatoms. The lowest BCUT2D eigenvalue weighted by atomic mass is 10.2. The highest BCUT2D eigenvalue weighted by atomic mass is 16.6. The molecule has 1 saturated heterocycles. The van der Waals surface area contributed by atoms with Gasteiger partial charge in [-0.1, -0.05) is 42.5 Å². The smallest absolute Gasteiger partial charge is 0.325 e. The number of nitrogens with one attached hydrogen (secondary N) is 2. The SMILES string of the molecule is O=C(CN1C(=O)N/C(=C\C=C\c2ccccc2)C1=O)Nc1ccc([N+](=O)[O-])cc1. The van der Waals surface area contributed by atoms with Crippen molar-refractivity contribution in [2.45, 2.75) is 0 Å². The Balaban J connectivity index is 1.60. The summed E-state index contributed by atoms with van der Waals surface area (Å²) in [5, 5.41) is 15.6. The van der Waals surface area contributed by atoms with E-state index >= 15 is 0 Å². The van der Waals surface area contributed by atoms with Gasteiger partial charge in [0.15, 0.2) is 0 Å². The quantitative estimate of drug-likeness (QED) is 0.339. The van der Waals surface area contributed by atoms with Crippen LogP contribution in [0.15, 0.2) is 72.4 Å². The number of benzene rings is 2. The molecule has 9 nitrogen and oxygen atoms in total. The number of amides is 4. The van der Waals surface area contributed by atoms with Crippen LogP contribution in [-0.2, 0) is 9.59 Å². The number of urea groups is 1. The van der Waals surface area contributed by atoms with Crippen LogP contribution in [0.2, 0.25) is 0 Å². The van der Waals surface area contributed by atoms with Gasteiger partial charge >= 0.3 is 6.03 Å². The maximum Gasteiger partial charge on any atom is 0.329 e. The van der Waals surface area contributed by atoms with E-state index in [1.165, 1.54) is 30.3 Å². The van der Waals surface area contributed by atoms with E-state index in [1.54, 1.807) is 12.2 Å². The molecule has 29 heavy (non-hydrogen) atoms. The summed E-state index contributed by atoms with van der Waals surface area (Å²) in [7, 11) is 0. The molecule has 0 unspecified atom stereocenters. The Morgan fingerprint density at radius 1 is 1.10 bits per heavy atom. The highest BCUT2D eigenvalue weighted by molar-refractivity contribution is 6.14. The summed E-state index contributed by atoms with van der Waals surface area (Å²) in [6.07, 6.45) is 4.86. The van der Waals surface area contributed by atoms with Crippen LogP contribution in [0.4, 0.5) is 16.2 Å². The number of hydrogen-bond donors (Lipinski definition) is 2. The highest BCUT2D eigenvalue weighted by Gasteiger charge is 2.34. The maximum atomic E-state index is 12.4. The van der Waals surface area contributed by atoms with Crippen molar-refractivity contribution >= 4 is 35.3 Å². The van der Waals surface area contributed by atoms with E-state index in [9.17, 15) is 24.5 Å². The topological polar surface area (TPSA) is 122 Å². The van der Waals surface area contributed by atoms with Crippen LogP contribution in [0.5, 0.6) is 0 Å². The third kappa shape index (κ3) is 4.92. The molecule has 2 aromatic rings. The number of non-ortho nitro benzene ring substituents is 1. The molecule has 0 aromatic heterocycles. The number of imide groups is 1. The van der Waals surface area contributed by atoms with Crippen LogP contribution < -0.4 is 10.6 Å². The molecule has 0 spiro atoms. The summed E-state index contributed by atoms with van der Waals surface area (Å²) in [4.78, 5) is 47.4. The molecular formula is C20H16N4O5. The first-order valence-corrected chi connectivity index (χ1v) is 8.54. The van der Waals surface area contributed by atoms with Gasteiger partial charge in [-0.3, -0.25) is 19.7 Å². The Morgan fingerprint density at radius 3 is 2.45 bits per heavy atom. The van der Waals surface area contributed by atoms with Crippen molar-refractivity contribution in [3.05, 3.63) is 88.1 Å². The van der Waals surface area contributed by atoms with Crippen molar-refractivity contribution in [2.75, 3.05) is 11.9 Å². The molecule has 0 aliphatic carbocycles. The Morgan fingerprint density at radius 2 is 1.79 bits per heavy atom. The van der Waals surface area contributed by atoms with Gasteiger partial charge in [-0.2, -0.15) is 0 Å². The zero-order chi connectivity index (χ0) is 20.8. The molecule has 1 aliphatic rings. The number of hydrogen-bond acceptors (Lipinski definition) is 5. The number of allylic oxidation sites excluding steroid dienone is 2. The van der Waals surface area contributed by atoms with Gasteiger partial charge in [0.1, 0.15) is 12.2 Å². The number of nitro benzene ring substituents is 1. The number of nitro groups is 1. The lowest BCUT2D eigenvalue weighted by Crippen LogP contribution is -2.38. The molecule has 0 atom stereocenters. The van der Waals surface area contributed by atoms with Crippen LogP contribution in [0.3, 0.4) is 0 Å². The van der Waals surface area contributed by atoms with Gasteiger partial charge in [0.2, 0.25) is 5.91 Å². The van der Waals surface area contributed by atoms with Crippen LogP contribution in [0, 0.1) is 10.1 Å². The van der Waals surface area contributed by atoms with Crippen LogP contribution >= 0.6 is 0 Å². The average molecular weight is 392 g/mol. The molecule has 4 amide bonds. The number of carbonyl (C=O) groups is 3. The first kappa shape index (κ1) is 19.5. The molecule has 1 aliphatic heterocycles. The second kappa shape index (κ2) is 8.61. The molecule has 2 N–H and O–H groups in total. The molecule has 0 radical (unpaired) electrons. The van der Waals surface area contributed by atoms with E-state index in [4.69, 9.17) is 0 Å². The molecule has 1 heterocycles. The summed E-state index contributed by atoms with van der Waals surface area (Å²) in [6, 6.07) is 13.9. The summed E-state index contributed by atoms with van der Waals surface area (Å²) in [5.74, 6) is -1.23. The van der Waals surface area contributed by atoms with E-state index in [-0.39, 0.29) is 11.4 Å². The number of nitrogens with zero attached hydrogens (tertiary/aromatic N) is 2. The van der Waals surface area contributed by atoms with Gasteiger partial charge in [-0.05, 0) is 23.8 Å². The minimum Gasteiger partial charge on any atom is -0.325 e. The van der Waals surface area contributed by atoms with Crippen LogP contribution in [0.25, 0.3) is 6.08 Å². The number of anilines is 1. The predicted molar refractivity (Wildman–Crippen MR) is 106 cm³/mol. The first-order chi connectivity index (χ1) is 13.9. The molecule has 146 valence electrons. The van der Waals surface area contributed by atoms with Crippen molar-refractivity contribution in [1.29, 1.82) is 0 Å². The zero-order valence-corrected chi connectivity index (χ0v) is 15.1. The van der Waals surface area contributed by atoms with Crippen molar-refractivity contribution in [1.82, 2.24) is 10.2 Å². The minimum atomic E-state index is -0.701. The lowest BCUT2D eigenvalue weighted by molar-refractivity contribution is -0.384. The van der Waals surface area contributed by atoms with E-state index < -0.39 is 29.3 Å². The molecule has 0 saturated carbocycles. The highest BCUT2D eigenvalue weighted by Crippen LogP contribution is 2.16. The standard InChI is InChI=1S/C20H16N4O5/c25-18(21-15-9-11-16(12-10-15)24(28)29)13-23-19(26)17(22-20(23)27)8-4-7-14-5-2-1-3-6-14/h1-12H,13H2,(H,21,25)(H,22,27)/b7-4+,17-8-. The van der Waals surface area contributed by atoms with Crippen molar-refractivity contribution in [2.24, 2.45) is 0 Å². The Hall–Kier alpha value is -4.27. The summed E-state index contributed by atoms with van der Waals surface area (Å²) >= 11 is 0. The maximum absolute atomic E-state index is 12.4. The predicted octanol–water partition coefficient (Wildman–Crippen LogP) is 2.68. The van der Waals surface area contributed by atoms with Gasteiger partial charge < -0.3 is 10.6 Å². The van der Waals surface area contributed by atoms with Gasteiger partial charge in [0, 0.05) is 17.8 Å². The van der Waals surface area contributed by atoms with E-state index in [0.717, 1.165) is 10.5 Å². The van der Waals surface area contributed by atoms with Crippen LogP contribution in [0.1, 0.15) is 5.56 Å². The van der Waals surface area contributed by atoms with Crippen molar-refractivity contribution in [3.63, 3.8) is 0 Å². The summed E-state index contributed by atoms with van der Waals surface area (Å²) in [6.45, 7) is -0.485. The fourth-order valence-electron chi connectivity index (χ4n) is 2.56. The number of rotatable bonds is 6. The molecule has 2 aromatic carbocycles. The van der Waals surface area contributed by atoms with Crippen LogP contribution in [-0.4, -0.2) is 34.2 Å². The minimum absolute atomic E-state index is 0.0605. The fraction of sp³-hybridized carbons (Fsp3) is 0.0500. The van der Waals surface area contributed by atoms with Gasteiger partial charge in [-0.15, -0.1) is 0 Å². The van der Waals surface area contributed by atoms with Gasteiger partial charge in [0.05, 0.1) is 4.92 Å². The van der Waals surface area contributed by atoms with E-state index in [0.29, 0.717) is 5.69 Å². The molecular weight excluding hydrogens is 376 g/mol. The Bertz CT molecular complexity index is 1010. The van der Waals surface area contributed by atoms with Gasteiger partial charge in [-0.25, -0.2) is 9.69 Å². The Labute approximate surface area is 165 Å². The van der Waals surface area contributed by atoms with Crippen molar-refractivity contribution < 1.29 is 19.3 Å². The second-order valence-electron chi connectivity index (χ2n) is 6.02. The third-order valence-electron chi connectivity index (χ3n) is 3.98. The zero-order valence-electron chi connectivity index (χ0n) is 15.1. The Kier molecular flexibility index (Phi) is 5.79. The van der Waals surface area contributed by atoms with E-state index in [2.05, 4.69) is 10.6 Å². The third-order valence-corrected chi connectivity index (χ3v) is 3.98. The van der Waals surface area contributed by atoms with E-state index in [1.807, 2.05) is 30.3 Å². The second-order valence-corrected chi connectivity index (χ2v) is 6.02. The average Bonchev–Trinajstić information content (AvgIpc) is 2.97. The summed E-state index contributed by atoms with van der Waals surface area (Å²) in [5.41, 5.74) is 1.19. The lowest BCUT2D eigenvalue weighted by Gasteiger charge is -2.11. The first-order valence-electron chi connectivity index (χ1n) is 8.54. The largest absolute Gasteiger partial charge is 0.329 e. The monoisotopic (exact) mass is 392 g/mol. The fourth-order valence-corrected chi connectivity index (χ4v) is 2.56. The molecule has 1 fully saturated rings.